The minimum atomic E-state index is -0.868. The molecule has 3 N–H and O–H groups in total. The number of nitrogens with one attached hydrogen (secondary N) is 1. The summed E-state index contributed by atoms with van der Waals surface area (Å²) < 4.78 is 0. The van der Waals surface area contributed by atoms with E-state index in [0.29, 0.717) is 6.42 Å². The smallest absolute Gasteiger partial charge is 0.220 e. The van der Waals surface area contributed by atoms with Crippen molar-refractivity contribution in [2.75, 3.05) is 6.61 Å². The molecule has 2 unspecified atom stereocenters. The molecule has 0 spiro atoms. The molecule has 4 nitrogen and oxygen atoms in total. The van der Waals surface area contributed by atoms with Crippen molar-refractivity contribution in [3.05, 3.63) is 36.5 Å². The van der Waals surface area contributed by atoms with Crippen LogP contribution < -0.4 is 5.32 Å². The van der Waals surface area contributed by atoms with Gasteiger partial charge in [-0.05, 0) is 44.9 Å². The van der Waals surface area contributed by atoms with Gasteiger partial charge in [0.2, 0.25) is 5.91 Å². The minimum Gasteiger partial charge on any atom is -0.394 e. The first kappa shape index (κ1) is 60.6. The van der Waals surface area contributed by atoms with E-state index in [1.54, 1.807) is 6.08 Å². The van der Waals surface area contributed by atoms with Crippen LogP contribution in [0.4, 0.5) is 0 Å². The summed E-state index contributed by atoms with van der Waals surface area (Å²) in [4.78, 5) is 12.5. The van der Waals surface area contributed by atoms with Gasteiger partial charge in [0.1, 0.15) is 0 Å². The average molecular weight is 871 g/mol. The molecule has 0 aromatic carbocycles. The Bertz CT molecular complexity index is 943. The Morgan fingerprint density at radius 1 is 0.371 bits per heavy atom. The summed E-state index contributed by atoms with van der Waals surface area (Å²) in [6.07, 6.45) is 73.2. The van der Waals surface area contributed by atoms with E-state index in [2.05, 4.69) is 43.5 Å². The molecule has 1 amide bonds. The molecular weight excluding hydrogens is 759 g/mol. The van der Waals surface area contributed by atoms with Gasteiger partial charge in [-0.2, -0.15) is 0 Å². The second-order valence-corrected chi connectivity index (χ2v) is 19.3. The Kier molecular flexibility index (Phi) is 52.7. The summed E-state index contributed by atoms with van der Waals surface area (Å²) in [6.45, 7) is 4.32. The van der Waals surface area contributed by atoms with E-state index in [9.17, 15) is 15.0 Å². The predicted molar refractivity (Wildman–Crippen MR) is 276 cm³/mol. The Balaban J connectivity index is 3.47. The Labute approximate surface area is 389 Å². The van der Waals surface area contributed by atoms with Crippen molar-refractivity contribution in [3.63, 3.8) is 0 Å². The SMILES string of the molecule is CCCCCCCCCCC/C=C/CC/C=C/CC/C=C/C(O)C(CO)NC(=O)CCCCCCCCCCCCCCCCCCCCCCCCCCCCCCCCC. The van der Waals surface area contributed by atoms with Gasteiger partial charge in [-0.3, -0.25) is 4.79 Å². The zero-order chi connectivity index (χ0) is 44.9. The van der Waals surface area contributed by atoms with Gasteiger partial charge in [-0.25, -0.2) is 0 Å². The number of aliphatic hydroxyl groups is 2. The largest absolute Gasteiger partial charge is 0.394 e. The maximum atomic E-state index is 12.5. The second-order valence-electron chi connectivity index (χ2n) is 19.3. The molecule has 366 valence electrons. The maximum absolute atomic E-state index is 12.5. The lowest BCUT2D eigenvalue weighted by Crippen LogP contribution is -2.45. The summed E-state index contributed by atoms with van der Waals surface area (Å²) in [5, 5.41) is 23.1. The van der Waals surface area contributed by atoms with Gasteiger partial charge < -0.3 is 15.5 Å². The molecule has 0 aromatic heterocycles. The first-order valence-electron chi connectivity index (χ1n) is 28.2. The third-order valence-corrected chi connectivity index (χ3v) is 13.1. The molecule has 0 saturated carbocycles. The van der Waals surface area contributed by atoms with Crippen molar-refractivity contribution < 1.29 is 15.0 Å². The molecule has 4 heteroatoms. The van der Waals surface area contributed by atoms with Crippen LogP contribution in [0.3, 0.4) is 0 Å². The van der Waals surface area contributed by atoms with Crippen molar-refractivity contribution >= 4 is 5.91 Å². The molecule has 0 aliphatic carbocycles. The Morgan fingerprint density at radius 3 is 0.935 bits per heavy atom. The van der Waals surface area contributed by atoms with E-state index in [1.165, 1.54) is 250 Å². The van der Waals surface area contributed by atoms with Gasteiger partial charge in [0.25, 0.3) is 0 Å². The molecule has 0 aromatic rings. The molecule has 0 bridgehead atoms. The van der Waals surface area contributed by atoms with E-state index < -0.39 is 12.1 Å². The topological polar surface area (TPSA) is 69.6 Å². The van der Waals surface area contributed by atoms with E-state index in [0.717, 1.165) is 38.5 Å². The van der Waals surface area contributed by atoms with E-state index in [-0.39, 0.29) is 12.5 Å². The standard InChI is InChI=1S/C58H111NO3/c1-3-5-7-9-11-13-15-17-19-21-23-24-25-26-27-28-29-30-31-32-33-34-36-38-40-42-44-46-48-50-52-54-58(62)59-56(55-60)57(61)53-51-49-47-45-43-41-39-37-35-22-20-18-16-14-12-10-8-6-4-2/h35,37,43,45,51,53,56-57,60-61H,3-34,36,38-42,44,46-50,52,54-55H2,1-2H3,(H,59,62)/b37-35+,45-43+,53-51+. The highest BCUT2D eigenvalue weighted by Crippen LogP contribution is 2.17. The van der Waals surface area contributed by atoms with Crippen LogP contribution in [-0.4, -0.2) is 34.9 Å². The van der Waals surface area contributed by atoms with Gasteiger partial charge >= 0.3 is 0 Å². The maximum Gasteiger partial charge on any atom is 0.220 e. The number of hydrogen-bond acceptors (Lipinski definition) is 3. The molecule has 0 heterocycles. The number of carbonyl (C=O) groups is 1. The summed E-state index contributed by atoms with van der Waals surface area (Å²) >= 11 is 0. The summed E-state index contributed by atoms with van der Waals surface area (Å²) in [5.74, 6) is -0.0722. The number of amides is 1. The fourth-order valence-corrected chi connectivity index (χ4v) is 8.80. The quantitative estimate of drug-likeness (QED) is 0.0421. The van der Waals surface area contributed by atoms with Crippen LogP contribution in [-0.2, 0) is 4.79 Å². The zero-order valence-corrected chi connectivity index (χ0v) is 42.2. The van der Waals surface area contributed by atoms with Gasteiger partial charge in [-0.1, -0.05) is 294 Å². The van der Waals surface area contributed by atoms with Gasteiger partial charge in [0.15, 0.2) is 0 Å². The summed E-state index contributed by atoms with van der Waals surface area (Å²) in [5.41, 5.74) is 0. The molecule has 62 heavy (non-hydrogen) atoms. The van der Waals surface area contributed by atoms with Crippen molar-refractivity contribution in [2.24, 2.45) is 0 Å². The summed E-state index contributed by atoms with van der Waals surface area (Å²) in [7, 11) is 0. The Morgan fingerprint density at radius 2 is 0.629 bits per heavy atom. The molecular formula is C58H111NO3. The molecule has 0 fully saturated rings. The first-order valence-corrected chi connectivity index (χ1v) is 28.2. The summed E-state index contributed by atoms with van der Waals surface area (Å²) in [6, 6.07) is -0.643. The lowest BCUT2D eigenvalue weighted by molar-refractivity contribution is -0.123. The number of carbonyl (C=O) groups excluding carboxylic acids is 1. The highest BCUT2D eigenvalue weighted by molar-refractivity contribution is 5.76. The van der Waals surface area contributed by atoms with Crippen LogP contribution in [0, 0.1) is 0 Å². The third-order valence-electron chi connectivity index (χ3n) is 13.1. The number of aliphatic hydroxyl groups excluding tert-OH is 2. The van der Waals surface area contributed by atoms with Gasteiger partial charge in [-0.15, -0.1) is 0 Å². The van der Waals surface area contributed by atoms with Crippen LogP contribution in [0.15, 0.2) is 36.5 Å². The third kappa shape index (κ3) is 49.6. The predicted octanol–water partition coefficient (Wildman–Crippen LogP) is 18.5. The van der Waals surface area contributed by atoms with Crippen molar-refractivity contribution in [2.45, 2.75) is 321 Å². The molecule has 0 aliphatic rings. The normalized spacial score (nSPS) is 13.0. The molecule has 2 atom stereocenters. The van der Waals surface area contributed by atoms with E-state index >= 15 is 0 Å². The van der Waals surface area contributed by atoms with Crippen LogP contribution in [0.1, 0.15) is 309 Å². The van der Waals surface area contributed by atoms with Gasteiger partial charge in [0, 0.05) is 6.42 Å². The number of rotatable bonds is 52. The monoisotopic (exact) mass is 870 g/mol. The highest BCUT2D eigenvalue weighted by Gasteiger charge is 2.18. The van der Waals surface area contributed by atoms with Crippen molar-refractivity contribution in [1.29, 1.82) is 0 Å². The zero-order valence-electron chi connectivity index (χ0n) is 42.2. The number of unbranched alkanes of at least 4 members (excludes halogenated alkanes) is 41. The molecule has 0 rings (SSSR count). The first-order chi connectivity index (χ1) is 30.7. The van der Waals surface area contributed by atoms with E-state index in [1.807, 2.05) is 6.08 Å². The fourth-order valence-electron chi connectivity index (χ4n) is 8.80. The molecule has 0 aliphatic heterocycles. The minimum absolute atomic E-state index is 0.0722. The van der Waals surface area contributed by atoms with Crippen molar-refractivity contribution in [1.82, 2.24) is 5.32 Å². The van der Waals surface area contributed by atoms with Crippen LogP contribution >= 0.6 is 0 Å². The van der Waals surface area contributed by atoms with Crippen LogP contribution in [0.5, 0.6) is 0 Å². The molecule has 0 saturated heterocycles. The number of hydrogen-bond donors (Lipinski definition) is 3. The van der Waals surface area contributed by atoms with Crippen LogP contribution in [0.2, 0.25) is 0 Å². The van der Waals surface area contributed by atoms with Crippen molar-refractivity contribution in [3.8, 4) is 0 Å². The second kappa shape index (κ2) is 53.9. The highest BCUT2D eigenvalue weighted by atomic mass is 16.3. The van der Waals surface area contributed by atoms with Crippen LogP contribution in [0.25, 0.3) is 0 Å². The number of allylic oxidation sites excluding steroid dienone is 5. The molecule has 0 radical (unpaired) electrons. The lowest BCUT2D eigenvalue weighted by Gasteiger charge is -2.19. The average Bonchev–Trinajstić information content (AvgIpc) is 3.28. The van der Waals surface area contributed by atoms with E-state index in [4.69, 9.17) is 0 Å². The van der Waals surface area contributed by atoms with Gasteiger partial charge in [0.05, 0.1) is 18.8 Å². The lowest BCUT2D eigenvalue weighted by atomic mass is 10.0. The fraction of sp³-hybridized carbons (Fsp3) is 0.879. The Hall–Kier alpha value is -1.39.